The summed E-state index contributed by atoms with van der Waals surface area (Å²) in [5, 5.41) is 19.4. The molecule has 1 rings (SSSR count). The minimum absolute atomic E-state index is 0.000330. The van der Waals surface area contributed by atoms with Crippen molar-refractivity contribution in [1.29, 1.82) is 0 Å². The van der Waals surface area contributed by atoms with Gasteiger partial charge in [0.25, 0.3) is 0 Å². The topological polar surface area (TPSA) is 141 Å². The summed E-state index contributed by atoms with van der Waals surface area (Å²) in [6.45, 7) is 5.23. The van der Waals surface area contributed by atoms with Gasteiger partial charge in [0.05, 0.1) is 5.25 Å². The van der Waals surface area contributed by atoms with Crippen LogP contribution in [-0.4, -0.2) is 67.4 Å². The Morgan fingerprint density at radius 3 is 2.31 bits per heavy atom. The molecule has 1 fully saturated rings. The molecule has 3 N–H and O–H groups in total. The third-order valence-corrected chi connectivity index (χ3v) is 4.96. The molecule has 0 radical (unpaired) electrons. The molecule has 10 heteroatoms. The zero-order valence-electron chi connectivity index (χ0n) is 15.0. The van der Waals surface area contributed by atoms with Crippen molar-refractivity contribution in [3.63, 3.8) is 0 Å². The maximum absolute atomic E-state index is 12.4. The first-order valence-electron chi connectivity index (χ1n) is 8.16. The molecule has 0 aromatic carbocycles. The monoisotopic (exact) mass is 388 g/mol. The van der Waals surface area contributed by atoms with Crippen molar-refractivity contribution >= 4 is 41.4 Å². The fraction of sp³-hybridized carbons (Fsp3) is 0.688. The Kier molecular flexibility index (Phi) is 7.61. The van der Waals surface area contributed by atoms with Gasteiger partial charge in [-0.2, -0.15) is 0 Å². The molecular formula is C16H24N2O7S. The lowest BCUT2D eigenvalue weighted by Crippen LogP contribution is -2.46. The summed E-state index contributed by atoms with van der Waals surface area (Å²) in [7, 11) is 0. The van der Waals surface area contributed by atoms with E-state index >= 15 is 0 Å². The lowest BCUT2D eigenvalue weighted by Gasteiger charge is -2.30. The molecule has 2 atom stereocenters. The van der Waals surface area contributed by atoms with Crippen LogP contribution in [0.15, 0.2) is 0 Å². The highest BCUT2D eigenvalue weighted by atomic mass is 32.2. The second-order valence-corrected chi connectivity index (χ2v) is 8.21. The minimum Gasteiger partial charge on any atom is -0.481 e. The summed E-state index contributed by atoms with van der Waals surface area (Å²) >= 11 is 1.02. The van der Waals surface area contributed by atoms with Crippen LogP contribution >= 0.6 is 11.8 Å². The highest BCUT2D eigenvalue weighted by Crippen LogP contribution is 2.30. The summed E-state index contributed by atoms with van der Waals surface area (Å²) in [6.07, 6.45) is -0.170. The Hall–Kier alpha value is -2.10. The number of nitrogens with zero attached hydrogens (tertiary/aromatic N) is 1. The first kappa shape index (κ1) is 21.9. The van der Waals surface area contributed by atoms with Crippen molar-refractivity contribution in [2.24, 2.45) is 0 Å². The summed E-state index contributed by atoms with van der Waals surface area (Å²) in [6, 6.07) is -1.22. The number of likely N-dealkylation sites (tertiary alicyclic amines) is 1. The fourth-order valence-corrected chi connectivity index (χ4v) is 3.65. The molecule has 1 heterocycles. The number of carboxylic acids is 2. The first-order valence-corrected chi connectivity index (χ1v) is 9.20. The fourth-order valence-electron chi connectivity index (χ4n) is 2.49. The lowest BCUT2D eigenvalue weighted by atomic mass is 10.1. The van der Waals surface area contributed by atoms with E-state index in [0.29, 0.717) is 0 Å². The average molecular weight is 388 g/mol. The third kappa shape index (κ3) is 6.32. The SMILES string of the molecule is CC(C)(C)N1C(=O)CC(SCC(NC(=O)CCCC(=O)O)C(=O)O)C1=O. The third-order valence-electron chi connectivity index (χ3n) is 3.67. The summed E-state index contributed by atoms with van der Waals surface area (Å²) in [5.74, 6) is -3.58. The Labute approximate surface area is 155 Å². The summed E-state index contributed by atoms with van der Waals surface area (Å²) in [4.78, 5) is 59.0. The van der Waals surface area contributed by atoms with E-state index in [4.69, 9.17) is 5.11 Å². The molecule has 0 aromatic heterocycles. The number of carbonyl (C=O) groups excluding carboxylic acids is 3. The standard InChI is InChI=1S/C16H24N2O7S/c1-16(2,3)18-12(20)7-10(14(18)23)26-8-9(15(24)25)17-11(19)5-4-6-13(21)22/h9-10H,4-8H2,1-3H3,(H,17,19)(H,21,22)(H,24,25). The van der Waals surface area contributed by atoms with Gasteiger partial charge in [-0.15, -0.1) is 11.8 Å². The molecule has 0 aliphatic carbocycles. The summed E-state index contributed by atoms with van der Waals surface area (Å²) < 4.78 is 0. The molecule has 0 saturated carbocycles. The zero-order valence-corrected chi connectivity index (χ0v) is 15.8. The quantitative estimate of drug-likeness (QED) is 0.484. The number of carboxylic acid groups (broad SMARTS) is 2. The molecule has 1 aliphatic rings. The van der Waals surface area contributed by atoms with Crippen LogP contribution in [0, 0.1) is 0 Å². The van der Waals surface area contributed by atoms with Gasteiger partial charge >= 0.3 is 11.9 Å². The van der Waals surface area contributed by atoms with Crippen LogP contribution in [0.5, 0.6) is 0 Å². The van der Waals surface area contributed by atoms with Crippen molar-refractivity contribution in [2.75, 3.05) is 5.75 Å². The number of imide groups is 1. The molecule has 2 unspecified atom stereocenters. The Bertz CT molecular complexity index is 600. The van der Waals surface area contributed by atoms with Crippen LogP contribution in [0.2, 0.25) is 0 Å². The number of rotatable bonds is 9. The lowest BCUT2D eigenvalue weighted by molar-refractivity contribution is -0.144. The number of aliphatic carboxylic acids is 2. The number of amides is 3. The number of thioether (sulfide) groups is 1. The normalized spacial score (nSPS) is 18.7. The number of carbonyl (C=O) groups is 5. The second kappa shape index (κ2) is 9.02. The molecule has 9 nitrogen and oxygen atoms in total. The van der Waals surface area contributed by atoms with Crippen LogP contribution in [0.1, 0.15) is 46.5 Å². The maximum atomic E-state index is 12.4. The molecule has 1 aliphatic heterocycles. The van der Waals surface area contributed by atoms with E-state index in [1.54, 1.807) is 20.8 Å². The predicted octanol–water partition coefficient (Wildman–Crippen LogP) is 0.470. The smallest absolute Gasteiger partial charge is 0.327 e. The predicted molar refractivity (Wildman–Crippen MR) is 93.5 cm³/mol. The van der Waals surface area contributed by atoms with Crippen molar-refractivity contribution < 1.29 is 34.2 Å². The Morgan fingerprint density at radius 1 is 1.23 bits per heavy atom. The van der Waals surface area contributed by atoms with Crippen LogP contribution in [0.3, 0.4) is 0 Å². The maximum Gasteiger partial charge on any atom is 0.327 e. The number of hydrogen-bond acceptors (Lipinski definition) is 6. The van der Waals surface area contributed by atoms with Gasteiger partial charge in [-0.25, -0.2) is 4.79 Å². The van der Waals surface area contributed by atoms with Crippen molar-refractivity contribution in [3.8, 4) is 0 Å². The van der Waals surface area contributed by atoms with Gasteiger partial charge in [0, 0.05) is 30.6 Å². The van der Waals surface area contributed by atoms with Gasteiger partial charge in [0.15, 0.2) is 0 Å². The Morgan fingerprint density at radius 2 is 1.85 bits per heavy atom. The van der Waals surface area contributed by atoms with E-state index in [9.17, 15) is 29.1 Å². The van der Waals surface area contributed by atoms with E-state index in [1.165, 1.54) is 4.90 Å². The van der Waals surface area contributed by atoms with Crippen molar-refractivity contribution in [1.82, 2.24) is 10.2 Å². The van der Waals surface area contributed by atoms with E-state index in [1.807, 2.05) is 0 Å². The van der Waals surface area contributed by atoms with Crippen LogP contribution in [0.25, 0.3) is 0 Å². The molecule has 1 saturated heterocycles. The van der Waals surface area contributed by atoms with Gasteiger partial charge in [-0.3, -0.25) is 24.1 Å². The molecule has 0 bridgehead atoms. The second-order valence-electron chi connectivity index (χ2n) is 6.97. The number of hydrogen-bond donors (Lipinski definition) is 3. The van der Waals surface area contributed by atoms with Crippen LogP contribution in [0.4, 0.5) is 0 Å². The van der Waals surface area contributed by atoms with Crippen molar-refractivity contribution in [3.05, 3.63) is 0 Å². The number of nitrogens with one attached hydrogen (secondary N) is 1. The first-order chi connectivity index (χ1) is 11.9. The zero-order chi connectivity index (χ0) is 20.1. The molecule has 0 spiro atoms. The van der Waals surface area contributed by atoms with Gasteiger partial charge < -0.3 is 15.5 Å². The molecule has 0 aromatic rings. The highest BCUT2D eigenvalue weighted by molar-refractivity contribution is 8.00. The average Bonchev–Trinajstić information content (AvgIpc) is 2.76. The molecule has 146 valence electrons. The molecular weight excluding hydrogens is 364 g/mol. The summed E-state index contributed by atoms with van der Waals surface area (Å²) in [5.41, 5.74) is -0.645. The van der Waals surface area contributed by atoms with Gasteiger partial charge in [-0.1, -0.05) is 0 Å². The van der Waals surface area contributed by atoms with E-state index in [-0.39, 0.29) is 43.3 Å². The van der Waals surface area contributed by atoms with Gasteiger partial charge in [0.1, 0.15) is 6.04 Å². The van der Waals surface area contributed by atoms with Gasteiger partial charge in [-0.05, 0) is 27.2 Å². The van der Waals surface area contributed by atoms with Crippen LogP contribution < -0.4 is 5.32 Å². The van der Waals surface area contributed by atoms with Crippen LogP contribution in [-0.2, 0) is 24.0 Å². The highest BCUT2D eigenvalue weighted by Gasteiger charge is 2.44. The Balaban J connectivity index is 2.58. The van der Waals surface area contributed by atoms with Gasteiger partial charge in [0.2, 0.25) is 17.7 Å². The van der Waals surface area contributed by atoms with E-state index < -0.39 is 34.7 Å². The minimum atomic E-state index is -1.26. The van der Waals surface area contributed by atoms with Crippen molar-refractivity contribution in [2.45, 2.75) is 63.3 Å². The largest absolute Gasteiger partial charge is 0.481 e. The van der Waals surface area contributed by atoms with E-state index in [2.05, 4.69) is 5.32 Å². The molecule has 3 amide bonds. The molecule has 26 heavy (non-hydrogen) atoms. The van der Waals surface area contributed by atoms with E-state index in [0.717, 1.165) is 11.8 Å².